The molecule has 1 N–H and O–H groups in total. The third-order valence-corrected chi connectivity index (χ3v) is 10.0. The van der Waals surface area contributed by atoms with Crippen molar-refractivity contribution in [2.75, 3.05) is 17.4 Å². The number of hydrogen-bond donors (Lipinski definition) is 1. The topological polar surface area (TPSA) is 86.8 Å². The summed E-state index contributed by atoms with van der Waals surface area (Å²) in [7, 11) is -4.27. The monoisotopic (exact) mass is 699 g/mol. The number of rotatable bonds is 13. The average molecular weight is 701 g/mol. The first-order chi connectivity index (χ1) is 21.8. The number of sulfonamides is 1. The standard InChI is InChI=1S/C35H36Cl3N3O4S/c1-24(2)21-39-35(43)33(19-26-8-5-4-6-9-26)40(22-27-10-7-11-28(36)18-27)34(42)23-41(29-14-17-31(37)32(38)20-29)46(44,45)30-15-12-25(3)13-16-30/h4-18,20,24,33H,19,21-23H2,1-3H3,(H,39,43)/t33-/m1/s1. The molecule has 4 aromatic rings. The summed E-state index contributed by atoms with van der Waals surface area (Å²) in [6.45, 7) is 5.60. The average Bonchev–Trinajstić information content (AvgIpc) is 3.02. The van der Waals surface area contributed by atoms with Gasteiger partial charge in [0.25, 0.3) is 10.0 Å². The molecule has 2 amide bonds. The number of hydrogen-bond acceptors (Lipinski definition) is 4. The van der Waals surface area contributed by atoms with E-state index in [0.717, 1.165) is 15.4 Å². The minimum atomic E-state index is -4.27. The van der Waals surface area contributed by atoms with Gasteiger partial charge < -0.3 is 10.2 Å². The fraction of sp³-hybridized carbons (Fsp3) is 0.257. The van der Waals surface area contributed by atoms with Crippen LogP contribution in [-0.4, -0.2) is 44.3 Å². The summed E-state index contributed by atoms with van der Waals surface area (Å²) in [6.07, 6.45) is 0.203. The Bertz CT molecular complexity index is 1770. The maximum absolute atomic E-state index is 14.5. The Morgan fingerprint density at radius 2 is 1.48 bits per heavy atom. The largest absolute Gasteiger partial charge is 0.354 e. The van der Waals surface area contributed by atoms with Crippen molar-refractivity contribution in [2.45, 2.75) is 44.7 Å². The molecule has 11 heteroatoms. The van der Waals surface area contributed by atoms with Crippen LogP contribution < -0.4 is 9.62 Å². The van der Waals surface area contributed by atoms with Crippen molar-refractivity contribution in [3.8, 4) is 0 Å². The predicted octanol–water partition coefficient (Wildman–Crippen LogP) is 7.56. The Balaban J connectivity index is 1.82. The first kappa shape index (κ1) is 35.3. The number of carbonyl (C=O) groups is 2. The Hall–Kier alpha value is -3.56. The number of carbonyl (C=O) groups excluding carboxylic acids is 2. The smallest absolute Gasteiger partial charge is 0.264 e. The Morgan fingerprint density at radius 1 is 0.804 bits per heavy atom. The maximum Gasteiger partial charge on any atom is 0.264 e. The van der Waals surface area contributed by atoms with Crippen LogP contribution in [-0.2, 0) is 32.6 Å². The van der Waals surface area contributed by atoms with Crippen LogP contribution in [0.4, 0.5) is 5.69 Å². The summed E-state index contributed by atoms with van der Waals surface area (Å²) in [6, 6.07) is 26.1. The molecule has 7 nitrogen and oxygen atoms in total. The highest BCUT2D eigenvalue weighted by Gasteiger charge is 2.35. The van der Waals surface area contributed by atoms with E-state index in [9.17, 15) is 18.0 Å². The number of nitrogens with one attached hydrogen (secondary N) is 1. The lowest BCUT2D eigenvalue weighted by Gasteiger charge is -2.34. The van der Waals surface area contributed by atoms with E-state index in [-0.39, 0.29) is 45.4 Å². The van der Waals surface area contributed by atoms with Crippen LogP contribution >= 0.6 is 34.8 Å². The Kier molecular flexibility index (Phi) is 12.1. The Labute approximate surface area is 286 Å². The van der Waals surface area contributed by atoms with Crippen LogP contribution in [0.25, 0.3) is 0 Å². The number of halogens is 3. The second-order valence-corrected chi connectivity index (χ2v) is 14.5. The number of nitrogens with zero attached hydrogens (tertiary/aromatic N) is 2. The molecule has 0 aliphatic carbocycles. The molecule has 0 aromatic heterocycles. The van der Waals surface area contributed by atoms with Crippen LogP contribution in [0, 0.1) is 12.8 Å². The van der Waals surface area contributed by atoms with E-state index in [1.54, 1.807) is 36.4 Å². The molecule has 1 atom stereocenters. The summed E-state index contributed by atoms with van der Waals surface area (Å²) in [5.41, 5.74) is 2.54. The van der Waals surface area contributed by atoms with E-state index in [1.165, 1.54) is 35.2 Å². The van der Waals surface area contributed by atoms with Gasteiger partial charge in [-0.1, -0.05) is 109 Å². The van der Waals surface area contributed by atoms with Crippen molar-refractivity contribution in [1.29, 1.82) is 0 Å². The lowest BCUT2D eigenvalue weighted by atomic mass is 10.0. The Morgan fingerprint density at radius 3 is 2.11 bits per heavy atom. The molecule has 0 aliphatic rings. The number of benzene rings is 4. The van der Waals surface area contributed by atoms with Crippen LogP contribution in [0.2, 0.25) is 15.1 Å². The number of amides is 2. The molecule has 0 heterocycles. The van der Waals surface area contributed by atoms with Crippen molar-refractivity contribution >= 4 is 62.3 Å². The molecule has 0 radical (unpaired) electrons. The molecule has 0 bridgehead atoms. The molecule has 0 aliphatic heterocycles. The molecule has 46 heavy (non-hydrogen) atoms. The van der Waals surface area contributed by atoms with Gasteiger partial charge in [-0.25, -0.2) is 8.42 Å². The minimum absolute atomic E-state index is 0.00567. The van der Waals surface area contributed by atoms with Gasteiger partial charge in [-0.15, -0.1) is 0 Å². The lowest BCUT2D eigenvalue weighted by molar-refractivity contribution is -0.140. The van der Waals surface area contributed by atoms with E-state index in [2.05, 4.69) is 5.32 Å². The third-order valence-electron chi connectivity index (χ3n) is 7.28. The van der Waals surface area contributed by atoms with Crippen molar-refractivity contribution in [2.24, 2.45) is 5.92 Å². The highest BCUT2D eigenvalue weighted by atomic mass is 35.5. The van der Waals surface area contributed by atoms with E-state index in [4.69, 9.17) is 34.8 Å². The zero-order valence-corrected chi connectivity index (χ0v) is 28.9. The zero-order valence-electron chi connectivity index (χ0n) is 25.8. The van der Waals surface area contributed by atoms with Crippen LogP contribution in [0.15, 0.2) is 102 Å². The second-order valence-electron chi connectivity index (χ2n) is 11.4. The molecule has 4 rings (SSSR count). The summed E-state index contributed by atoms with van der Waals surface area (Å²) in [5.74, 6) is -0.777. The van der Waals surface area contributed by atoms with E-state index in [1.807, 2.05) is 51.1 Å². The summed E-state index contributed by atoms with van der Waals surface area (Å²) >= 11 is 18.8. The molecule has 0 saturated heterocycles. The fourth-order valence-corrected chi connectivity index (χ4v) is 6.73. The molecule has 0 unspecified atom stereocenters. The van der Waals surface area contributed by atoms with Gasteiger partial charge in [-0.3, -0.25) is 13.9 Å². The third kappa shape index (κ3) is 9.26. The summed E-state index contributed by atoms with van der Waals surface area (Å²) in [4.78, 5) is 29.8. The van der Waals surface area contributed by atoms with Gasteiger partial charge in [0.05, 0.1) is 20.6 Å². The number of aryl methyl sites for hydroxylation is 1. The second kappa shape index (κ2) is 15.8. The van der Waals surface area contributed by atoms with Crippen molar-refractivity contribution in [3.63, 3.8) is 0 Å². The molecule has 0 spiro atoms. The SMILES string of the molecule is Cc1ccc(S(=O)(=O)N(CC(=O)N(Cc2cccc(Cl)c2)[C@H](Cc2ccccc2)C(=O)NCC(C)C)c2ccc(Cl)c(Cl)c2)cc1. The zero-order chi connectivity index (χ0) is 33.4. The van der Waals surface area contributed by atoms with E-state index < -0.39 is 28.5 Å². The first-order valence-corrected chi connectivity index (χ1v) is 17.3. The molecule has 0 saturated carbocycles. The van der Waals surface area contributed by atoms with Crippen molar-refractivity contribution < 1.29 is 18.0 Å². The highest BCUT2D eigenvalue weighted by molar-refractivity contribution is 7.92. The molecular weight excluding hydrogens is 665 g/mol. The molecule has 242 valence electrons. The normalized spacial score (nSPS) is 12.1. The van der Waals surface area contributed by atoms with Crippen molar-refractivity contribution in [1.82, 2.24) is 10.2 Å². The molecular formula is C35H36Cl3N3O4S. The number of anilines is 1. The quantitative estimate of drug-likeness (QED) is 0.156. The minimum Gasteiger partial charge on any atom is -0.354 e. The highest BCUT2D eigenvalue weighted by Crippen LogP contribution is 2.31. The summed E-state index contributed by atoms with van der Waals surface area (Å²) < 4.78 is 29.3. The van der Waals surface area contributed by atoms with Gasteiger partial charge in [0.1, 0.15) is 12.6 Å². The van der Waals surface area contributed by atoms with Crippen LogP contribution in [0.5, 0.6) is 0 Å². The lowest BCUT2D eigenvalue weighted by Crippen LogP contribution is -2.53. The van der Waals surface area contributed by atoms with E-state index in [0.29, 0.717) is 17.1 Å². The van der Waals surface area contributed by atoms with E-state index >= 15 is 0 Å². The maximum atomic E-state index is 14.5. The van der Waals surface area contributed by atoms with Gasteiger partial charge in [-0.2, -0.15) is 0 Å². The van der Waals surface area contributed by atoms with Crippen LogP contribution in [0.3, 0.4) is 0 Å². The predicted molar refractivity (Wildman–Crippen MR) is 186 cm³/mol. The van der Waals surface area contributed by atoms with Gasteiger partial charge in [0.2, 0.25) is 11.8 Å². The fourth-order valence-electron chi connectivity index (χ4n) is 4.81. The summed E-state index contributed by atoms with van der Waals surface area (Å²) in [5, 5.41) is 3.80. The van der Waals surface area contributed by atoms with Crippen molar-refractivity contribution in [3.05, 3.63) is 129 Å². The first-order valence-electron chi connectivity index (χ1n) is 14.7. The van der Waals surface area contributed by atoms with Gasteiger partial charge in [0.15, 0.2) is 0 Å². The molecule has 4 aromatic carbocycles. The van der Waals surface area contributed by atoms with Gasteiger partial charge >= 0.3 is 0 Å². The van der Waals surface area contributed by atoms with Gasteiger partial charge in [0, 0.05) is 24.5 Å². The molecule has 0 fully saturated rings. The van der Waals surface area contributed by atoms with Gasteiger partial charge in [-0.05, 0) is 66.4 Å². The van der Waals surface area contributed by atoms with Crippen LogP contribution in [0.1, 0.15) is 30.5 Å².